The predicted octanol–water partition coefficient (Wildman–Crippen LogP) is 1.26. The molecule has 1 saturated heterocycles. The largest absolute Gasteiger partial charge is 0.480 e. The van der Waals surface area contributed by atoms with Crippen molar-refractivity contribution in [1.29, 1.82) is 0 Å². The fourth-order valence-electron chi connectivity index (χ4n) is 2.37. The number of aliphatic carboxylic acids is 1. The molecular formula is C14H18BrN3O3. The topological polar surface area (TPSA) is 86.9 Å². The molecule has 6 nitrogen and oxygen atoms in total. The van der Waals surface area contributed by atoms with Crippen molar-refractivity contribution in [2.75, 3.05) is 38.5 Å². The number of carboxylic acid groups (broad SMARTS) is 1. The van der Waals surface area contributed by atoms with Gasteiger partial charge >= 0.3 is 5.97 Å². The molecule has 3 N–H and O–H groups in total. The Morgan fingerprint density at radius 3 is 2.67 bits per heavy atom. The Bertz CT molecular complexity index is 550. The molecule has 7 heteroatoms. The third-order valence-electron chi connectivity index (χ3n) is 3.48. The number of halogens is 1. The van der Waals surface area contributed by atoms with E-state index in [0.717, 1.165) is 6.42 Å². The highest BCUT2D eigenvalue weighted by Gasteiger charge is 2.21. The highest BCUT2D eigenvalue weighted by atomic mass is 79.9. The molecule has 0 bridgehead atoms. The maximum Gasteiger partial charge on any atom is 0.317 e. The molecule has 1 aromatic rings. The molecule has 0 atom stereocenters. The minimum Gasteiger partial charge on any atom is -0.480 e. The van der Waals surface area contributed by atoms with Crippen LogP contribution in [0.25, 0.3) is 0 Å². The standard InChI is InChI=1S/C14H18BrN3O3/c15-11-8-10(2-3-12(11)16)14(21)18-5-1-4-17(6-7-18)9-13(19)20/h2-3,8H,1,4-7,9,16H2,(H,19,20). The highest BCUT2D eigenvalue weighted by molar-refractivity contribution is 9.10. The Morgan fingerprint density at radius 1 is 1.24 bits per heavy atom. The third-order valence-corrected chi connectivity index (χ3v) is 4.17. The highest BCUT2D eigenvalue weighted by Crippen LogP contribution is 2.21. The minimum absolute atomic E-state index is 0.0233. The summed E-state index contributed by atoms with van der Waals surface area (Å²) in [5.41, 5.74) is 6.90. The number of benzene rings is 1. The molecule has 0 radical (unpaired) electrons. The second kappa shape index (κ2) is 6.91. The maximum absolute atomic E-state index is 12.5. The summed E-state index contributed by atoms with van der Waals surface area (Å²) in [7, 11) is 0. The van der Waals surface area contributed by atoms with Gasteiger partial charge in [0.15, 0.2) is 0 Å². The summed E-state index contributed by atoms with van der Waals surface area (Å²) in [4.78, 5) is 26.8. The number of nitrogens with zero attached hydrogens (tertiary/aromatic N) is 2. The lowest BCUT2D eigenvalue weighted by molar-refractivity contribution is -0.138. The fraction of sp³-hybridized carbons (Fsp3) is 0.429. The normalized spacial score (nSPS) is 16.5. The number of nitrogens with two attached hydrogens (primary N) is 1. The van der Waals surface area contributed by atoms with E-state index in [-0.39, 0.29) is 12.5 Å². The number of carboxylic acids is 1. The van der Waals surface area contributed by atoms with E-state index in [4.69, 9.17) is 10.8 Å². The number of nitrogen functional groups attached to an aromatic ring is 1. The molecule has 1 heterocycles. The maximum atomic E-state index is 12.5. The van der Waals surface area contributed by atoms with Gasteiger partial charge in [0.25, 0.3) is 5.91 Å². The number of carbonyl (C=O) groups excluding carboxylic acids is 1. The van der Waals surface area contributed by atoms with Crippen LogP contribution >= 0.6 is 15.9 Å². The summed E-state index contributed by atoms with van der Waals surface area (Å²) in [6.07, 6.45) is 0.773. The van der Waals surface area contributed by atoms with Gasteiger partial charge in [-0.15, -0.1) is 0 Å². The smallest absolute Gasteiger partial charge is 0.317 e. The molecule has 1 fully saturated rings. The molecule has 1 amide bonds. The molecule has 0 aliphatic carbocycles. The zero-order valence-electron chi connectivity index (χ0n) is 11.6. The number of carbonyl (C=O) groups is 2. The molecule has 2 rings (SSSR count). The summed E-state index contributed by atoms with van der Waals surface area (Å²) >= 11 is 3.32. The average molecular weight is 356 g/mol. The lowest BCUT2D eigenvalue weighted by Gasteiger charge is -2.21. The van der Waals surface area contributed by atoms with E-state index < -0.39 is 5.97 Å². The Kier molecular flexibility index (Phi) is 5.19. The first-order chi connectivity index (χ1) is 9.97. The molecule has 21 heavy (non-hydrogen) atoms. The van der Waals surface area contributed by atoms with Crippen LogP contribution in [0.2, 0.25) is 0 Å². The van der Waals surface area contributed by atoms with Crippen LogP contribution in [0.15, 0.2) is 22.7 Å². The van der Waals surface area contributed by atoms with Gasteiger partial charge in [0.1, 0.15) is 0 Å². The number of amides is 1. The van der Waals surface area contributed by atoms with Crippen LogP contribution in [0, 0.1) is 0 Å². The van der Waals surface area contributed by atoms with Gasteiger partial charge in [-0.25, -0.2) is 0 Å². The monoisotopic (exact) mass is 355 g/mol. The molecule has 0 spiro atoms. The van der Waals surface area contributed by atoms with Gasteiger partial charge in [0.2, 0.25) is 0 Å². The van der Waals surface area contributed by atoms with Crippen molar-refractivity contribution < 1.29 is 14.7 Å². The zero-order chi connectivity index (χ0) is 15.4. The number of hydrogen-bond donors (Lipinski definition) is 2. The Balaban J connectivity index is 2.02. The Labute approximate surface area is 131 Å². The van der Waals surface area contributed by atoms with E-state index in [9.17, 15) is 9.59 Å². The summed E-state index contributed by atoms with van der Waals surface area (Å²) in [6.45, 7) is 2.47. The van der Waals surface area contributed by atoms with Gasteiger partial charge in [-0.1, -0.05) is 0 Å². The fourth-order valence-corrected chi connectivity index (χ4v) is 2.74. The summed E-state index contributed by atoms with van der Waals surface area (Å²) in [6, 6.07) is 5.13. The lowest BCUT2D eigenvalue weighted by Crippen LogP contribution is -2.36. The van der Waals surface area contributed by atoms with Crippen LogP contribution in [0.4, 0.5) is 5.69 Å². The van der Waals surface area contributed by atoms with E-state index in [1.165, 1.54) is 0 Å². The van der Waals surface area contributed by atoms with Gasteiger partial charge in [-0.3, -0.25) is 14.5 Å². The van der Waals surface area contributed by atoms with Crippen LogP contribution in [0.1, 0.15) is 16.8 Å². The van der Waals surface area contributed by atoms with Crippen LogP contribution in [0.5, 0.6) is 0 Å². The van der Waals surface area contributed by atoms with Crippen molar-refractivity contribution in [2.45, 2.75) is 6.42 Å². The number of anilines is 1. The van der Waals surface area contributed by atoms with Crippen molar-refractivity contribution in [3.05, 3.63) is 28.2 Å². The van der Waals surface area contributed by atoms with Crippen molar-refractivity contribution in [3.8, 4) is 0 Å². The second-order valence-corrected chi connectivity index (χ2v) is 5.91. The molecule has 0 aromatic heterocycles. The van der Waals surface area contributed by atoms with E-state index >= 15 is 0 Å². The molecule has 1 aromatic carbocycles. The molecule has 1 aliphatic rings. The SMILES string of the molecule is Nc1ccc(C(=O)N2CCCN(CC(=O)O)CC2)cc1Br. The quantitative estimate of drug-likeness (QED) is 0.797. The van der Waals surface area contributed by atoms with Gasteiger partial charge in [0.05, 0.1) is 6.54 Å². The lowest BCUT2D eigenvalue weighted by atomic mass is 10.2. The average Bonchev–Trinajstić information content (AvgIpc) is 2.66. The van der Waals surface area contributed by atoms with E-state index in [0.29, 0.717) is 41.9 Å². The first-order valence-corrected chi connectivity index (χ1v) is 7.55. The van der Waals surface area contributed by atoms with Crippen molar-refractivity contribution in [2.24, 2.45) is 0 Å². The van der Waals surface area contributed by atoms with Crippen LogP contribution in [-0.2, 0) is 4.79 Å². The summed E-state index contributed by atoms with van der Waals surface area (Å²) in [5, 5.41) is 8.83. The number of hydrogen-bond acceptors (Lipinski definition) is 4. The minimum atomic E-state index is -0.836. The van der Waals surface area contributed by atoms with Crippen LogP contribution in [-0.4, -0.2) is 59.5 Å². The summed E-state index contributed by atoms with van der Waals surface area (Å²) < 4.78 is 0.704. The van der Waals surface area contributed by atoms with Gasteiger partial charge in [0, 0.05) is 41.9 Å². The molecular weight excluding hydrogens is 338 g/mol. The van der Waals surface area contributed by atoms with Crippen LogP contribution < -0.4 is 5.73 Å². The summed E-state index contributed by atoms with van der Waals surface area (Å²) in [5.74, 6) is -0.884. The van der Waals surface area contributed by atoms with E-state index in [1.807, 2.05) is 4.90 Å². The van der Waals surface area contributed by atoms with Gasteiger partial charge < -0.3 is 15.7 Å². The first kappa shape index (κ1) is 15.8. The Hall–Kier alpha value is -1.60. The first-order valence-electron chi connectivity index (χ1n) is 6.76. The molecule has 114 valence electrons. The molecule has 1 aliphatic heterocycles. The zero-order valence-corrected chi connectivity index (χ0v) is 13.2. The van der Waals surface area contributed by atoms with E-state index in [1.54, 1.807) is 23.1 Å². The predicted molar refractivity (Wildman–Crippen MR) is 83.2 cm³/mol. The number of rotatable bonds is 3. The van der Waals surface area contributed by atoms with Crippen molar-refractivity contribution in [3.63, 3.8) is 0 Å². The third kappa shape index (κ3) is 4.18. The van der Waals surface area contributed by atoms with Gasteiger partial charge in [-0.2, -0.15) is 0 Å². The molecule has 0 unspecified atom stereocenters. The van der Waals surface area contributed by atoms with Crippen molar-refractivity contribution in [1.82, 2.24) is 9.80 Å². The Morgan fingerprint density at radius 2 is 2.00 bits per heavy atom. The van der Waals surface area contributed by atoms with E-state index in [2.05, 4.69) is 15.9 Å². The van der Waals surface area contributed by atoms with Crippen LogP contribution in [0.3, 0.4) is 0 Å². The van der Waals surface area contributed by atoms with Crippen molar-refractivity contribution >= 4 is 33.5 Å². The second-order valence-electron chi connectivity index (χ2n) is 5.05. The molecule has 0 saturated carbocycles. The van der Waals surface area contributed by atoms with Gasteiger partial charge in [-0.05, 0) is 40.5 Å².